The Labute approximate surface area is 169 Å². The van der Waals surface area contributed by atoms with E-state index in [-0.39, 0.29) is 12.5 Å². The average Bonchev–Trinajstić information content (AvgIpc) is 3.50. The summed E-state index contributed by atoms with van der Waals surface area (Å²) in [5.74, 6) is 1.49. The Morgan fingerprint density at radius 1 is 1.34 bits per heavy atom. The maximum Gasteiger partial charge on any atom is 0.317 e. The fraction of sp³-hybridized carbons (Fsp3) is 0.500. The van der Waals surface area contributed by atoms with E-state index in [1.807, 2.05) is 29.4 Å². The highest BCUT2D eigenvalue weighted by molar-refractivity contribution is 5.74. The Bertz CT molecular complexity index is 821. The number of nitrogens with zero attached hydrogens (tertiary/aromatic N) is 4. The first-order chi connectivity index (χ1) is 14.1. The standard InChI is InChI=1S/C19H25N5O2.CH2O2/c1-14-12-20-6-5-17(14)23-7-2-8-24(10-9-23)19(25)21-13-16-11-18(26-22-16)15-3-4-15;2-1-3/h5-6,11-12,15H,2-4,7-10,13H2,1H3,(H,21,25);1H,(H,2,3). The topological polar surface area (TPSA) is 112 Å². The van der Waals surface area contributed by atoms with Crippen LogP contribution in [0.25, 0.3) is 0 Å². The molecule has 0 radical (unpaired) electrons. The SMILES string of the molecule is Cc1cnccc1N1CCCN(C(=O)NCc2cc(C3CC3)on2)CC1.O=CO. The zero-order chi connectivity index (χ0) is 20.6. The number of anilines is 1. The fourth-order valence-corrected chi connectivity index (χ4v) is 3.43. The summed E-state index contributed by atoms with van der Waals surface area (Å²) in [5.41, 5.74) is 3.17. The van der Waals surface area contributed by atoms with Crippen LogP contribution in [0.15, 0.2) is 29.0 Å². The van der Waals surface area contributed by atoms with E-state index < -0.39 is 0 Å². The summed E-state index contributed by atoms with van der Waals surface area (Å²) in [5, 5.41) is 13.9. The van der Waals surface area contributed by atoms with Crippen LogP contribution in [0.4, 0.5) is 10.5 Å². The molecule has 1 aliphatic heterocycles. The maximum absolute atomic E-state index is 12.5. The lowest BCUT2D eigenvalue weighted by Gasteiger charge is -2.25. The monoisotopic (exact) mass is 401 g/mol. The first-order valence-electron chi connectivity index (χ1n) is 9.84. The highest BCUT2D eigenvalue weighted by Gasteiger charge is 2.28. The summed E-state index contributed by atoms with van der Waals surface area (Å²) < 4.78 is 5.33. The van der Waals surface area contributed by atoms with Crippen molar-refractivity contribution in [3.8, 4) is 0 Å². The van der Waals surface area contributed by atoms with Crippen LogP contribution in [0, 0.1) is 6.92 Å². The van der Waals surface area contributed by atoms with Crippen molar-refractivity contribution in [3.05, 3.63) is 41.5 Å². The minimum Gasteiger partial charge on any atom is -0.483 e. The zero-order valence-corrected chi connectivity index (χ0v) is 16.6. The van der Waals surface area contributed by atoms with Crippen molar-refractivity contribution in [1.29, 1.82) is 0 Å². The molecule has 0 bridgehead atoms. The van der Waals surface area contributed by atoms with Crippen molar-refractivity contribution in [2.45, 2.75) is 38.6 Å². The molecule has 1 saturated carbocycles. The van der Waals surface area contributed by atoms with Gasteiger partial charge in [0.2, 0.25) is 0 Å². The molecule has 9 nitrogen and oxygen atoms in total. The van der Waals surface area contributed by atoms with Gasteiger partial charge in [-0.3, -0.25) is 9.78 Å². The number of carbonyl (C=O) groups is 2. The third-order valence-corrected chi connectivity index (χ3v) is 5.09. The van der Waals surface area contributed by atoms with Gasteiger partial charge in [0, 0.05) is 56.2 Å². The summed E-state index contributed by atoms with van der Waals surface area (Å²) in [6, 6.07) is 3.98. The molecule has 2 N–H and O–H groups in total. The van der Waals surface area contributed by atoms with E-state index in [9.17, 15) is 4.79 Å². The number of nitrogens with one attached hydrogen (secondary N) is 1. The van der Waals surface area contributed by atoms with E-state index in [0.29, 0.717) is 19.0 Å². The molecule has 2 fully saturated rings. The summed E-state index contributed by atoms with van der Waals surface area (Å²) in [7, 11) is 0. The first kappa shape index (κ1) is 20.6. The summed E-state index contributed by atoms with van der Waals surface area (Å²) in [6.45, 7) is 5.49. The molecule has 29 heavy (non-hydrogen) atoms. The third kappa shape index (κ3) is 5.69. The summed E-state index contributed by atoms with van der Waals surface area (Å²) in [6.07, 6.45) is 7.03. The number of rotatable bonds is 4. The highest BCUT2D eigenvalue weighted by atomic mass is 16.5. The van der Waals surface area contributed by atoms with Crippen LogP contribution in [0.1, 0.15) is 42.2 Å². The summed E-state index contributed by atoms with van der Waals surface area (Å²) in [4.78, 5) is 29.3. The minimum absolute atomic E-state index is 0.0331. The molecule has 1 saturated heterocycles. The maximum atomic E-state index is 12.5. The van der Waals surface area contributed by atoms with Gasteiger partial charge in [0.25, 0.3) is 6.47 Å². The number of urea groups is 1. The zero-order valence-electron chi connectivity index (χ0n) is 16.6. The second-order valence-electron chi connectivity index (χ2n) is 7.25. The number of aryl methyl sites for hydroxylation is 1. The normalized spacial score (nSPS) is 16.4. The van der Waals surface area contributed by atoms with Gasteiger partial charge in [-0.1, -0.05) is 5.16 Å². The third-order valence-electron chi connectivity index (χ3n) is 5.09. The fourth-order valence-electron chi connectivity index (χ4n) is 3.43. The Morgan fingerprint density at radius 3 is 2.86 bits per heavy atom. The molecule has 2 aliphatic rings. The largest absolute Gasteiger partial charge is 0.483 e. The van der Waals surface area contributed by atoms with Gasteiger partial charge in [-0.2, -0.15) is 0 Å². The molecule has 2 aromatic heterocycles. The van der Waals surface area contributed by atoms with Gasteiger partial charge in [-0.15, -0.1) is 0 Å². The van der Waals surface area contributed by atoms with E-state index in [4.69, 9.17) is 14.4 Å². The molecule has 0 aromatic carbocycles. The van der Waals surface area contributed by atoms with Crippen LogP contribution in [0.2, 0.25) is 0 Å². The van der Waals surface area contributed by atoms with E-state index in [0.717, 1.165) is 37.5 Å². The lowest BCUT2D eigenvalue weighted by atomic mass is 10.2. The van der Waals surface area contributed by atoms with Crippen LogP contribution in [-0.2, 0) is 11.3 Å². The number of carboxylic acid groups (broad SMARTS) is 1. The van der Waals surface area contributed by atoms with Gasteiger partial charge >= 0.3 is 6.03 Å². The average molecular weight is 401 g/mol. The van der Waals surface area contributed by atoms with Gasteiger partial charge in [0.05, 0.1) is 6.54 Å². The Balaban J connectivity index is 0.000000755. The number of carbonyl (C=O) groups excluding carboxylic acids is 1. The van der Waals surface area contributed by atoms with E-state index in [2.05, 4.69) is 27.3 Å². The number of amides is 2. The van der Waals surface area contributed by atoms with E-state index >= 15 is 0 Å². The van der Waals surface area contributed by atoms with E-state index in [1.165, 1.54) is 24.1 Å². The minimum atomic E-state index is -0.250. The number of pyridine rings is 1. The molecule has 1 aliphatic carbocycles. The molecular weight excluding hydrogens is 374 g/mol. The second-order valence-corrected chi connectivity index (χ2v) is 7.25. The van der Waals surface area contributed by atoms with Crippen LogP contribution in [0.3, 0.4) is 0 Å². The lowest BCUT2D eigenvalue weighted by Crippen LogP contribution is -2.41. The van der Waals surface area contributed by atoms with Crippen LogP contribution in [0.5, 0.6) is 0 Å². The lowest BCUT2D eigenvalue weighted by molar-refractivity contribution is -0.122. The molecule has 156 valence electrons. The van der Waals surface area contributed by atoms with Gasteiger partial charge < -0.3 is 24.7 Å². The van der Waals surface area contributed by atoms with Gasteiger partial charge in [0.1, 0.15) is 11.5 Å². The number of hydrogen-bond acceptors (Lipinski definition) is 6. The molecule has 0 unspecified atom stereocenters. The summed E-state index contributed by atoms with van der Waals surface area (Å²) >= 11 is 0. The van der Waals surface area contributed by atoms with Gasteiger partial charge in [0.15, 0.2) is 0 Å². The van der Waals surface area contributed by atoms with Crippen molar-refractivity contribution in [2.75, 3.05) is 31.1 Å². The van der Waals surface area contributed by atoms with Crippen LogP contribution >= 0.6 is 0 Å². The molecule has 4 rings (SSSR count). The quantitative estimate of drug-likeness (QED) is 0.757. The van der Waals surface area contributed by atoms with Crippen molar-refractivity contribution in [3.63, 3.8) is 0 Å². The number of aromatic nitrogens is 2. The Morgan fingerprint density at radius 2 is 2.14 bits per heavy atom. The Hall–Kier alpha value is -3.10. The first-order valence-corrected chi connectivity index (χ1v) is 9.84. The van der Waals surface area contributed by atoms with Gasteiger partial charge in [-0.05, 0) is 37.8 Å². The predicted octanol–water partition coefficient (Wildman–Crippen LogP) is 2.38. The van der Waals surface area contributed by atoms with Crippen molar-refractivity contribution in [1.82, 2.24) is 20.4 Å². The predicted molar refractivity (Wildman–Crippen MR) is 107 cm³/mol. The van der Waals surface area contributed by atoms with E-state index in [1.54, 1.807) is 0 Å². The smallest absolute Gasteiger partial charge is 0.317 e. The molecule has 2 amide bonds. The molecule has 9 heteroatoms. The Kier molecular flexibility index (Phi) is 7.04. The molecule has 2 aromatic rings. The van der Waals surface area contributed by atoms with Crippen LogP contribution in [-0.4, -0.2) is 58.8 Å². The van der Waals surface area contributed by atoms with Gasteiger partial charge in [-0.25, -0.2) is 4.79 Å². The molecule has 3 heterocycles. The van der Waals surface area contributed by atoms with Crippen molar-refractivity contribution >= 4 is 18.2 Å². The number of hydrogen-bond donors (Lipinski definition) is 2. The van der Waals surface area contributed by atoms with Crippen molar-refractivity contribution < 1.29 is 19.2 Å². The van der Waals surface area contributed by atoms with Crippen LogP contribution < -0.4 is 10.2 Å². The molecule has 0 atom stereocenters. The highest BCUT2D eigenvalue weighted by Crippen LogP contribution is 2.40. The molecular formula is C20H27N5O4. The second kappa shape index (κ2) is 9.90. The molecule has 0 spiro atoms. The van der Waals surface area contributed by atoms with Crippen molar-refractivity contribution in [2.24, 2.45) is 0 Å².